The van der Waals surface area contributed by atoms with E-state index < -0.39 is 17.7 Å². The summed E-state index contributed by atoms with van der Waals surface area (Å²) in [7, 11) is 0. The standard InChI is InChI=1S/C20H25NO3S2/c1-20(2,3)24-19(23)21-17(11-15-7-5-4-6-8-15)18(22)14-26-13-16-9-10-25-12-16/h4-10,12,17H,11,13-14H2,1-3H3,(H,21,23). The van der Waals surface area contributed by atoms with Crippen molar-refractivity contribution in [1.29, 1.82) is 0 Å². The van der Waals surface area contributed by atoms with Crippen LogP contribution in [0.1, 0.15) is 31.9 Å². The molecular formula is C20H25NO3S2. The molecular weight excluding hydrogens is 366 g/mol. The minimum absolute atomic E-state index is 0.0000539. The topological polar surface area (TPSA) is 55.4 Å². The van der Waals surface area contributed by atoms with Gasteiger partial charge in [-0.2, -0.15) is 11.3 Å². The van der Waals surface area contributed by atoms with E-state index in [0.29, 0.717) is 12.2 Å². The summed E-state index contributed by atoms with van der Waals surface area (Å²) in [5.41, 5.74) is 1.62. The summed E-state index contributed by atoms with van der Waals surface area (Å²) >= 11 is 3.21. The van der Waals surface area contributed by atoms with Crippen molar-refractivity contribution in [1.82, 2.24) is 5.32 Å². The van der Waals surface area contributed by atoms with Crippen molar-refractivity contribution in [2.45, 2.75) is 44.6 Å². The van der Waals surface area contributed by atoms with E-state index in [1.807, 2.05) is 35.7 Å². The Morgan fingerprint density at radius 2 is 1.88 bits per heavy atom. The molecule has 0 aliphatic carbocycles. The van der Waals surface area contributed by atoms with E-state index in [0.717, 1.165) is 11.3 Å². The lowest BCUT2D eigenvalue weighted by Crippen LogP contribution is -2.45. The Bertz CT molecular complexity index is 694. The molecule has 26 heavy (non-hydrogen) atoms. The second kappa shape index (κ2) is 9.78. The summed E-state index contributed by atoms with van der Waals surface area (Å²) in [6.45, 7) is 5.41. The van der Waals surface area contributed by atoms with Gasteiger partial charge in [-0.25, -0.2) is 4.79 Å². The number of carbonyl (C=O) groups is 2. The average molecular weight is 392 g/mol. The number of amides is 1. The van der Waals surface area contributed by atoms with Crippen molar-refractivity contribution in [2.75, 3.05) is 5.75 Å². The molecule has 1 unspecified atom stereocenters. The summed E-state index contributed by atoms with van der Waals surface area (Å²) in [5.74, 6) is 1.14. The molecule has 1 atom stereocenters. The number of nitrogens with one attached hydrogen (secondary N) is 1. The molecule has 6 heteroatoms. The first-order valence-electron chi connectivity index (χ1n) is 8.48. The Hall–Kier alpha value is -1.79. The SMILES string of the molecule is CC(C)(C)OC(=O)NC(Cc1ccccc1)C(=O)CSCc1ccsc1. The zero-order valence-electron chi connectivity index (χ0n) is 15.4. The van der Waals surface area contributed by atoms with Crippen LogP contribution >= 0.6 is 23.1 Å². The third kappa shape index (κ3) is 7.62. The summed E-state index contributed by atoms with van der Waals surface area (Å²) in [5, 5.41) is 6.85. The first kappa shape index (κ1) is 20.5. The Morgan fingerprint density at radius 1 is 1.15 bits per heavy atom. The summed E-state index contributed by atoms with van der Waals surface area (Å²) in [6.07, 6.45) is -0.104. The van der Waals surface area contributed by atoms with Gasteiger partial charge in [0.1, 0.15) is 5.60 Å². The molecule has 0 saturated carbocycles. The lowest BCUT2D eigenvalue weighted by atomic mass is 10.0. The van der Waals surface area contributed by atoms with Gasteiger partial charge in [0.2, 0.25) is 0 Å². The molecule has 0 fully saturated rings. The normalized spacial score (nSPS) is 12.4. The van der Waals surface area contributed by atoms with Crippen molar-refractivity contribution < 1.29 is 14.3 Å². The molecule has 1 N–H and O–H groups in total. The second-order valence-electron chi connectivity index (χ2n) is 6.98. The molecule has 1 aromatic heterocycles. The van der Waals surface area contributed by atoms with Crippen LogP contribution in [0, 0.1) is 0 Å². The van der Waals surface area contributed by atoms with Crippen LogP contribution in [0.4, 0.5) is 4.79 Å². The van der Waals surface area contributed by atoms with Crippen LogP contribution in [-0.4, -0.2) is 29.3 Å². The lowest BCUT2D eigenvalue weighted by Gasteiger charge is -2.23. The number of rotatable bonds is 8. The maximum Gasteiger partial charge on any atom is 0.408 e. The largest absolute Gasteiger partial charge is 0.444 e. The third-order valence-corrected chi connectivity index (χ3v) is 5.21. The molecule has 4 nitrogen and oxygen atoms in total. The third-order valence-electron chi connectivity index (χ3n) is 3.46. The van der Waals surface area contributed by atoms with E-state index >= 15 is 0 Å². The fraction of sp³-hybridized carbons (Fsp3) is 0.400. The highest BCUT2D eigenvalue weighted by atomic mass is 32.2. The molecule has 0 saturated heterocycles. The predicted octanol–water partition coefficient (Wildman–Crippen LogP) is 4.69. The van der Waals surface area contributed by atoms with Crippen molar-refractivity contribution in [2.24, 2.45) is 0 Å². The van der Waals surface area contributed by atoms with Gasteiger partial charge in [-0.15, -0.1) is 11.8 Å². The number of ether oxygens (including phenoxy) is 1. The number of hydrogen-bond acceptors (Lipinski definition) is 5. The molecule has 0 aliphatic rings. The van der Waals surface area contributed by atoms with Gasteiger partial charge in [0.25, 0.3) is 0 Å². The fourth-order valence-corrected chi connectivity index (χ4v) is 3.98. The van der Waals surface area contributed by atoms with Gasteiger partial charge < -0.3 is 10.1 Å². The molecule has 0 aliphatic heterocycles. The van der Waals surface area contributed by atoms with Crippen molar-refractivity contribution in [3.8, 4) is 0 Å². The van der Waals surface area contributed by atoms with E-state index in [1.54, 1.807) is 43.9 Å². The van der Waals surface area contributed by atoms with Gasteiger partial charge in [0.15, 0.2) is 5.78 Å². The average Bonchev–Trinajstić information content (AvgIpc) is 3.06. The number of alkyl carbamates (subject to hydrolysis) is 1. The summed E-state index contributed by atoms with van der Waals surface area (Å²) in [4.78, 5) is 24.8. The molecule has 1 aromatic carbocycles. The highest BCUT2D eigenvalue weighted by Crippen LogP contribution is 2.16. The van der Waals surface area contributed by atoms with E-state index in [9.17, 15) is 9.59 Å². The van der Waals surface area contributed by atoms with Crippen molar-refractivity contribution in [3.05, 3.63) is 58.3 Å². The maximum atomic E-state index is 12.7. The molecule has 2 rings (SSSR count). The fourth-order valence-electron chi connectivity index (χ4n) is 2.29. The van der Waals surface area contributed by atoms with Crippen LogP contribution in [-0.2, 0) is 21.7 Å². The summed E-state index contributed by atoms with van der Waals surface area (Å²) in [6, 6.07) is 11.2. The van der Waals surface area contributed by atoms with Gasteiger partial charge in [0, 0.05) is 5.75 Å². The molecule has 0 spiro atoms. The van der Waals surface area contributed by atoms with Crippen LogP contribution in [0.5, 0.6) is 0 Å². The minimum Gasteiger partial charge on any atom is -0.444 e. The predicted molar refractivity (Wildman–Crippen MR) is 109 cm³/mol. The number of ketones is 1. The zero-order chi connectivity index (χ0) is 19.0. The lowest BCUT2D eigenvalue weighted by molar-refractivity contribution is -0.118. The first-order valence-corrected chi connectivity index (χ1v) is 10.6. The molecule has 0 radical (unpaired) electrons. The van der Waals surface area contributed by atoms with E-state index in [1.165, 1.54) is 5.56 Å². The second-order valence-corrected chi connectivity index (χ2v) is 8.74. The number of carbonyl (C=O) groups excluding carboxylic acids is 2. The van der Waals surface area contributed by atoms with Gasteiger partial charge in [-0.3, -0.25) is 4.79 Å². The smallest absolute Gasteiger partial charge is 0.408 e. The molecule has 1 amide bonds. The number of benzene rings is 1. The molecule has 0 bridgehead atoms. The first-order chi connectivity index (χ1) is 12.3. The van der Waals surface area contributed by atoms with Crippen LogP contribution in [0.15, 0.2) is 47.2 Å². The number of hydrogen-bond donors (Lipinski definition) is 1. The quantitative estimate of drug-likeness (QED) is 0.709. The Labute approximate surface area is 163 Å². The minimum atomic E-state index is -0.599. The maximum absolute atomic E-state index is 12.7. The zero-order valence-corrected chi connectivity index (χ0v) is 17.0. The number of thiophene rings is 1. The van der Waals surface area contributed by atoms with E-state index in [-0.39, 0.29) is 5.78 Å². The van der Waals surface area contributed by atoms with E-state index in [4.69, 9.17) is 4.74 Å². The monoisotopic (exact) mass is 391 g/mol. The highest BCUT2D eigenvalue weighted by molar-refractivity contribution is 7.99. The molecule has 140 valence electrons. The summed E-state index contributed by atoms with van der Waals surface area (Å²) < 4.78 is 5.31. The van der Waals surface area contributed by atoms with Crippen molar-refractivity contribution in [3.63, 3.8) is 0 Å². The highest BCUT2D eigenvalue weighted by Gasteiger charge is 2.24. The Kier molecular flexibility index (Phi) is 7.72. The van der Waals surface area contributed by atoms with Crippen LogP contribution in [0.2, 0.25) is 0 Å². The number of thioether (sulfide) groups is 1. The van der Waals surface area contributed by atoms with Gasteiger partial charge in [-0.05, 0) is 55.1 Å². The molecule has 2 aromatic rings. The van der Waals surface area contributed by atoms with E-state index in [2.05, 4.69) is 16.8 Å². The number of Topliss-reactive ketones (excluding diaryl/α,β-unsaturated/α-hetero) is 1. The van der Waals surface area contributed by atoms with Gasteiger partial charge in [0.05, 0.1) is 11.8 Å². The van der Waals surface area contributed by atoms with Crippen LogP contribution in [0.3, 0.4) is 0 Å². The van der Waals surface area contributed by atoms with Crippen LogP contribution < -0.4 is 5.32 Å². The van der Waals surface area contributed by atoms with Gasteiger partial charge >= 0.3 is 6.09 Å². The Morgan fingerprint density at radius 3 is 2.50 bits per heavy atom. The van der Waals surface area contributed by atoms with Gasteiger partial charge in [-0.1, -0.05) is 30.3 Å². The van der Waals surface area contributed by atoms with Crippen molar-refractivity contribution >= 4 is 35.0 Å². The van der Waals surface area contributed by atoms with Crippen LogP contribution in [0.25, 0.3) is 0 Å². The molecule has 1 heterocycles. The Balaban J connectivity index is 1.96.